The first-order chi connectivity index (χ1) is 6.66. The zero-order valence-corrected chi connectivity index (χ0v) is 9.88. The molecule has 2 rings (SSSR count). The maximum absolute atomic E-state index is 6.09. The van der Waals surface area contributed by atoms with Crippen LogP contribution >= 0.6 is 0 Å². The van der Waals surface area contributed by atoms with Gasteiger partial charge in [-0.3, -0.25) is 0 Å². The van der Waals surface area contributed by atoms with Crippen LogP contribution in [0.15, 0.2) is 0 Å². The highest BCUT2D eigenvalue weighted by Crippen LogP contribution is 2.52. The Morgan fingerprint density at radius 1 is 1.36 bits per heavy atom. The van der Waals surface area contributed by atoms with Gasteiger partial charge in [0, 0.05) is 0 Å². The van der Waals surface area contributed by atoms with Gasteiger partial charge in [0.25, 0.3) is 0 Å². The van der Waals surface area contributed by atoms with Crippen molar-refractivity contribution in [3.8, 4) is 0 Å². The summed E-state index contributed by atoms with van der Waals surface area (Å²) in [6.45, 7) is 6.94. The van der Waals surface area contributed by atoms with Gasteiger partial charge in [-0.05, 0) is 50.4 Å². The fourth-order valence-corrected chi connectivity index (χ4v) is 3.65. The molecule has 2 aliphatic rings. The van der Waals surface area contributed by atoms with Crippen molar-refractivity contribution in [1.82, 2.24) is 0 Å². The summed E-state index contributed by atoms with van der Waals surface area (Å²) in [6.07, 6.45) is 9.26. The molecular formula is C13H24O. The predicted octanol–water partition coefficient (Wildman–Crippen LogP) is 3.77. The van der Waals surface area contributed by atoms with Gasteiger partial charge in [-0.15, -0.1) is 0 Å². The van der Waals surface area contributed by atoms with Crippen LogP contribution in [0.5, 0.6) is 0 Å². The Morgan fingerprint density at radius 2 is 2.14 bits per heavy atom. The smallest absolute Gasteiger partial charge is 0.0638 e. The normalized spacial score (nSPS) is 47.8. The first kappa shape index (κ1) is 10.5. The van der Waals surface area contributed by atoms with Gasteiger partial charge in [0.1, 0.15) is 0 Å². The Hall–Kier alpha value is -0.0400. The van der Waals surface area contributed by atoms with Gasteiger partial charge in [0.15, 0.2) is 0 Å². The summed E-state index contributed by atoms with van der Waals surface area (Å²) >= 11 is 0. The van der Waals surface area contributed by atoms with E-state index in [1.807, 2.05) is 0 Å². The quantitative estimate of drug-likeness (QED) is 0.653. The molecule has 0 spiro atoms. The highest BCUT2D eigenvalue weighted by molar-refractivity contribution is 4.97. The lowest BCUT2D eigenvalue weighted by Crippen LogP contribution is -2.36. The minimum Gasteiger partial charge on any atom is -0.375 e. The summed E-state index contributed by atoms with van der Waals surface area (Å²) in [7, 11) is 0. The molecule has 0 amide bonds. The molecule has 82 valence electrons. The molecule has 0 aromatic heterocycles. The van der Waals surface area contributed by atoms with Crippen LogP contribution in [-0.4, -0.2) is 12.2 Å². The van der Waals surface area contributed by atoms with E-state index >= 15 is 0 Å². The minimum absolute atomic E-state index is 0.511. The molecule has 4 atom stereocenters. The van der Waals surface area contributed by atoms with E-state index in [2.05, 4.69) is 20.8 Å². The number of fused-ring (bicyclic) bond motifs is 1. The van der Waals surface area contributed by atoms with Crippen LogP contribution in [-0.2, 0) is 4.74 Å². The fourth-order valence-electron chi connectivity index (χ4n) is 3.65. The van der Waals surface area contributed by atoms with Crippen LogP contribution in [0.1, 0.15) is 59.3 Å². The number of hydrogen-bond donors (Lipinski definition) is 0. The molecule has 1 aliphatic carbocycles. The van der Waals surface area contributed by atoms with Gasteiger partial charge in [-0.2, -0.15) is 0 Å². The molecule has 1 saturated carbocycles. The Labute approximate surface area is 88.2 Å². The number of rotatable bonds is 2. The summed E-state index contributed by atoms with van der Waals surface area (Å²) < 4.78 is 6.09. The van der Waals surface area contributed by atoms with Gasteiger partial charge in [0.05, 0.1) is 12.2 Å². The van der Waals surface area contributed by atoms with Crippen molar-refractivity contribution in [2.45, 2.75) is 71.5 Å². The molecule has 1 nitrogen and oxygen atoms in total. The lowest BCUT2D eigenvalue weighted by molar-refractivity contribution is -0.0239. The van der Waals surface area contributed by atoms with Gasteiger partial charge in [0.2, 0.25) is 0 Å². The molecule has 1 saturated heterocycles. The van der Waals surface area contributed by atoms with Gasteiger partial charge < -0.3 is 4.74 Å². The molecule has 1 aliphatic heterocycles. The summed E-state index contributed by atoms with van der Waals surface area (Å²) in [5.74, 6) is 0.885. The third-order valence-corrected chi connectivity index (χ3v) is 4.27. The largest absolute Gasteiger partial charge is 0.375 e. The summed E-state index contributed by atoms with van der Waals surface area (Å²) in [5.41, 5.74) is 0.570. The van der Waals surface area contributed by atoms with E-state index in [0.717, 1.165) is 5.92 Å². The Balaban J connectivity index is 2.10. The molecule has 0 N–H and O–H groups in total. The fraction of sp³-hybridized carbons (Fsp3) is 1.00. The second kappa shape index (κ2) is 3.84. The van der Waals surface area contributed by atoms with E-state index in [4.69, 9.17) is 4.74 Å². The first-order valence-electron chi connectivity index (χ1n) is 6.32. The molecule has 14 heavy (non-hydrogen) atoms. The topological polar surface area (TPSA) is 9.23 Å². The van der Waals surface area contributed by atoms with Gasteiger partial charge in [-0.25, -0.2) is 0 Å². The zero-order chi connectivity index (χ0) is 10.2. The van der Waals surface area contributed by atoms with Gasteiger partial charge in [-0.1, -0.05) is 20.3 Å². The first-order valence-corrected chi connectivity index (χ1v) is 6.32. The van der Waals surface area contributed by atoms with E-state index in [0.29, 0.717) is 17.6 Å². The second-order valence-electron chi connectivity index (χ2n) is 5.63. The van der Waals surface area contributed by atoms with Crippen molar-refractivity contribution in [2.24, 2.45) is 11.3 Å². The van der Waals surface area contributed by atoms with E-state index < -0.39 is 0 Å². The van der Waals surface area contributed by atoms with Crippen molar-refractivity contribution in [3.05, 3.63) is 0 Å². The Morgan fingerprint density at radius 3 is 2.86 bits per heavy atom. The van der Waals surface area contributed by atoms with Crippen LogP contribution in [0.25, 0.3) is 0 Å². The van der Waals surface area contributed by atoms with Crippen LogP contribution in [0.2, 0.25) is 0 Å². The average Bonchev–Trinajstić information content (AvgIpc) is 2.42. The van der Waals surface area contributed by atoms with Crippen molar-refractivity contribution in [3.63, 3.8) is 0 Å². The SMILES string of the molecule is CCCC12CCC(C)CC1OC(C)C2. The summed E-state index contributed by atoms with van der Waals surface area (Å²) in [5, 5.41) is 0. The number of ether oxygens (including phenoxy) is 1. The third kappa shape index (κ3) is 1.71. The minimum atomic E-state index is 0.511. The second-order valence-corrected chi connectivity index (χ2v) is 5.63. The maximum Gasteiger partial charge on any atom is 0.0638 e. The van der Waals surface area contributed by atoms with Crippen LogP contribution < -0.4 is 0 Å². The van der Waals surface area contributed by atoms with Crippen LogP contribution in [0, 0.1) is 11.3 Å². The molecule has 0 aromatic carbocycles. The monoisotopic (exact) mass is 196 g/mol. The third-order valence-electron chi connectivity index (χ3n) is 4.27. The van der Waals surface area contributed by atoms with Crippen molar-refractivity contribution < 1.29 is 4.74 Å². The summed E-state index contributed by atoms with van der Waals surface area (Å²) in [4.78, 5) is 0. The maximum atomic E-state index is 6.09. The molecule has 1 heteroatoms. The van der Waals surface area contributed by atoms with E-state index in [1.54, 1.807) is 0 Å². The lowest BCUT2D eigenvalue weighted by Gasteiger charge is -2.40. The van der Waals surface area contributed by atoms with Crippen molar-refractivity contribution in [1.29, 1.82) is 0 Å². The van der Waals surface area contributed by atoms with Crippen molar-refractivity contribution in [2.75, 3.05) is 0 Å². The van der Waals surface area contributed by atoms with Crippen LogP contribution in [0.4, 0.5) is 0 Å². The zero-order valence-electron chi connectivity index (χ0n) is 9.88. The average molecular weight is 196 g/mol. The molecule has 0 radical (unpaired) electrons. The summed E-state index contributed by atoms with van der Waals surface area (Å²) in [6, 6.07) is 0. The highest BCUT2D eigenvalue weighted by atomic mass is 16.5. The lowest BCUT2D eigenvalue weighted by atomic mass is 9.65. The molecular weight excluding hydrogens is 172 g/mol. The Kier molecular flexibility index (Phi) is 2.88. The highest BCUT2D eigenvalue weighted by Gasteiger charge is 2.48. The molecule has 4 unspecified atom stereocenters. The van der Waals surface area contributed by atoms with Crippen molar-refractivity contribution >= 4 is 0 Å². The van der Waals surface area contributed by atoms with Gasteiger partial charge >= 0.3 is 0 Å². The molecule has 2 fully saturated rings. The van der Waals surface area contributed by atoms with E-state index in [-0.39, 0.29) is 0 Å². The standard InChI is InChI=1S/C13H24O/c1-4-6-13-7-5-10(2)8-12(13)14-11(3)9-13/h10-12H,4-9H2,1-3H3. The number of hydrogen-bond acceptors (Lipinski definition) is 1. The Bertz CT molecular complexity index is 201. The molecule has 0 bridgehead atoms. The predicted molar refractivity (Wildman–Crippen MR) is 59.3 cm³/mol. The molecule has 0 aromatic rings. The molecule has 1 heterocycles. The van der Waals surface area contributed by atoms with E-state index in [9.17, 15) is 0 Å². The van der Waals surface area contributed by atoms with E-state index in [1.165, 1.54) is 38.5 Å². The van der Waals surface area contributed by atoms with Crippen LogP contribution in [0.3, 0.4) is 0 Å².